The average molecular weight is 221 g/mol. The molecule has 0 spiro atoms. The van der Waals surface area contributed by atoms with Gasteiger partial charge in [0.15, 0.2) is 5.13 Å². The van der Waals surface area contributed by atoms with Crippen LogP contribution in [0.1, 0.15) is 29.7 Å². The molecule has 0 bridgehead atoms. The Morgan fingerprint density at radius 2 is 2.20 bits per heavy atom. The second-order valence-electron chi connectivity index (χ2n) is 3.60. The van der Waals surface area contributed by atoms with Gasteiger partial charge in [0.05, 0.1) is 5.69 Å². The van der Waals surface area contributed by atoms with E-state index < -0.39 is 0 Å². The largest absolute Gasteiger partial charge is 0.279 e. The molecule has 3 nitrogen and oxygen atoms in total. The Bertz CT molecular complexity index is 437. The van der Waals surface area contributed by atoms with E-state index in [9.17, 15) is 0 Å². The van der Waals surface area contributed by atoms with Gasteiger partial charge >= 0.3 is 0 Å². The van der Waals surface area contributed by atoms with E-state index >= 15 is 0 Å². The number of hydrogen-bond donors (Lipinski definition) is 0. The minimum atomic E-state index is 1.00. The van der Waals surface area contributed by atoms with Gasteiger partial charge in [0.2, 0.25) is 0 Å². The summed E-state index contributed by atoms with van der Waals surface area (Å²) in [5.74, 6) is 1.10. The fourth-order valence-corrected chi connectivity index (χ4v) is 2.39. The molecule has 0 atom stereocenters. The summed E-state index contributed by atoms with van der Waals surface area (Å²) in [6, 6.07) is 0. The molecule has 0 fully saturated rings. The van der Waals surface area contributed by atoms with Crippen molar-refractivity contribution in [2.75, 3.05) is 0 Å². The van der Waals surface area contributed by atoms with Crippen molar-refractivity contribution < 1.29 is 0 Å². The summed E-state index contributed by atoms with van der Waals surface area (Å²) in [5.41, 5.74) is 1.12. The van der Waals surface area contributed by atoms with E-state index in [-0.39, 0.29) is 0 Å². The zero-order valence-corrected chi connectivity index (χ0v) is 10.1. The third kappa shape index (κ3) is 1.95. The molecule has 0 aliphatic heterocycles. The molecular weight excluding hydrogens is 206 g/mol. The fraction of sp³-hybridized carbons (Fsp3) is 0.455. The van der Waals surface area contributed by atoms with Crippen molar-refractivity contribution in [3.8, 4) is 5.13 Å². The van der Waals surface area contributed by atoms with Crippen LogP contribution in [0, 0.1) is 13.8 Å². The van der Waals surface area contributed by atoms with Crippen LogP contribution in [0.15, 0.2) is 12.4 Å². The maximum absolute atomic E-state index is 4.54. The zero-order valence-electron chi connectivity index (χ0n) is 9.32. The van der Waals surface area contributed by atoms with Gasteiger partial charge in [-0.3, -0.25) is 4.57 Å². The van der Waals surface area contributed by atoms with Crippen LogP contribution in [-0.4, -0.2) is 14.5 Å². The molecule has 0 aliphatic carbocycles. The Hall–Kier alpha value is -1.16. The van der Waals surface area contributed by atoms with Gasteiger partial charge in [-0.05, 0) is 20.3 Å². The number of hydrogen-bond acceptors (Lipinski definition) is 3. The lowest BCUT2D eigenvalue weighted by Crippen LogP contribution is -1.99. The molecule has 2 aromatic heterocycles. The van der Waals surface area contributed by atoms with Crippen LogP contribution in [0.2, 0.25) is 0 Å². The van der Waals surface area contributed by atoms with E-state index in [0.29, 0.717) is 0 Å². The maximum atomic E-state index is 4.54. The van der Waals surface area contributed by atoms with E-state index in [1.807, 2.05) is 19.3 Å². The maximum Gasteiger partial charge on any atom is 0.195 e. The van der Waals surface area contributed by atoms with Gasteiger partial charge in [-0.1, -0.05) is 6.92 Å². The van der Waals surface area contributed by atoms with Crippen molar-refractivity contribution in [1.29, 1.82) is 0 Å². The molecule has 0 unspecified atom stereocenters. The lowest BCUT2D eigenvalue weighted by Gasteiger charge is -2.01. The van der Waals surface area contributed by atoms with Crippen LogP contribution in [-0.2, 0) is 6.42 Å². The summed E-state index contributed by atoms with van der Waals surface area (Å²) in [6.07, 6.45) is 5.95. The van der Waals surface area contributed by atoms with Gasteiger partial charge in [0, 0.05) is 23.7 Å². The Kier molecular flexibility index (Phi) is 2.86. The second kappa shape index (κ2) is 4.14. The minimum Gasteiger partial charge on any atom is -0.279 e. The lowest BCUT2D eigenvalue weighted by atomic mass is 10.3. The first kappa shape index (κ1) is 10.4. The summed E-state index contributed by atoms with van der Waals surface area (Å²) >= 11 is 1.72. The summed E-state index contributed by atoms with van der Waals surface area (Å²) in [6.45, 7) is 6.32. The molecule has 15 heavy (non-hydrogen) atoms. The topological polar surface area (TPSA) is 30.7 Å². The predicted molar refractivity (Wildman–Crippen MR) is 62.7 cm³/mol. The monoisotopic (exact) mass is 221 g/mol. The molecule has 0 saturated heterocycles. The molecule has 0 N–H and O–H groups in total. The predicted octanol–water partition coefficient (Wildman–Crippen LogP) is 2.90. The molecular formula is C11H15N3S. The zero-order chi connectivity index (χ0) is 10.8. The van der Waals surface area contributed by atoms with Gasteiger partial charge in [-0.15, -0.1) is 11.3 Å². The first-order chi connectivity index (χ1) is 7.22. The molecule has 0 aliphatic rings. The minimum absolute atomic E-state index is 1.00. The van der Waals surface area contributed by atoms with Crippen LogP contribution < -0.4 is 0 Å². The molecule has 0 aromatic carbocycles. The lowest BCUT2D eigenvalue weighted by molar-refractivity contribution is 0.805. The van der Waals surface area contributed by atoms with Gasteiger partial charge in [0.1, 0.15) is 5.82 Å². The van der Waals surface area contributed by atoms with Gasteiger partial charge in [-0.2, -0.15) is 0 Å². The smallest absolute Gasteiger partial charge is 0.195 e. The van der Waals surface area contributed by atoms with E-state index in [1.165, 1.54) is 4.88 Å². The first-order valence-electron chi connectivity index (χ1n) is 5.19. The summed E-state index contributed by atoms with van der Waals surface area (Å²) < 4.78 is 2.09. The molecule has 0 radical (unpaired) electrons. The third-order valence-corrected chi connectivity index (χ3v) is 3.49. The number of nitrogens with zero attached hydrogens (tertiary/aromatic N) is 3. The van der Waals surface area contributed by atoms with Gasteiger partial charge in [-0.25, -0.2) is 9.97 Å². The third-order valence-electron chi connectivity index (χ3n) is 2.41. The van der Waals surface area contributed by atoms with E-state index in [0.717, 1.165) is 29.5 Å². The number of rotatable bonds is 3. The molecule has 4 heteroatoms. The average Bonchev–Trinajstić information content (AvgIpc) is 2.76. The van der Waals surface area contributed by atoms with Crippen LogP contribution >= 0.6 is 11.3 Å². The van der Waals surface area contributed by atoms with Crippen LogP contribution in [0.5, 0.6) is 0 Å². The van der Waals surface area contributed by atoms with Crippen molar-refractivity contribution in [3.63, 3.8) is 0 Å². The Morgan fingerprint density at radius 1 is 1.40 bits per heavy atom. The summed E-state index contributed by atoms with van der Waals surface area (Å²) in [5, 5.41) is 1.03. The summed E-state index contributed by atoms with van der Waals surface area (Å²) in [4.78, 5) is 10.2. The molecule has 0 saturated carbocycles. The van der Waals surface area contributed by atoms with E-state index in [1.54, 1.807) is 11.3 Å². The van der Waals surface area contributed by atoms with Crippen molar-refractivity contribution >= 4 is 11.3 Å². The van der Waals surface area contributed by atoms with Gasteiger partial charge < -0.3 is 0 Å². The second-order valence-corrected chi connectivity index (χ2v) is 4.78. The Morgan fingerprint density at radius 3 is 2.80 bits per heavy atom. The van der Waals surface area contributed by atoms with Crippen molar-refractivity contribution in [2.45, 2.75) is 33.6 Å². The SMILES string of the molecule is CCCc1nccn1-c1nc(C)c(C)s1. The van der Waals surface area contributed by atoms with Crippen LogP contribution in [0.4, 0.5) is 0 Å². The van der Waals surface area contributed by atoms with E-state index in [2.05, 4.69) is 28.4 Å². The van der Waals surface area contributed by atoms with Crippen LogP contribution in [0.25, 0.3) is 5.13 Å². The molecule has 2 rings (SSSR count). The number of aryl methyl sites for hydroxylation is 3. The number of thiazole rings is 1. The van der Waals surface area contributed by atoms with E-state index in [4.69, 9.17) is 0 Å². The highest BCUT2D eigenvalue weighted by molar-refractivity contribution is 7.14. The highest BCUT2D eigenvalue weighted by Gasteiger charge is 2.09. The quantitative estimate of drug-likeness (QED) is 0.798. The number of imidazole rings is 1. The Balaban J connectivity index is 2.40. The number of aromatic nitrogens is 3. The normalized spacial score (nSPS) is 10.9. The molecule has 0 amide bonds. The Labute approximate surface area is 93.8 Å². The highest BCUT2D eigenvalue weighted by Crippen LogP contribution is 2.21. The molecule has 2 heterocycles. The molecule has 80 valence electrons. The van der Waals surface area contributed by atoms with Crippen molar-refractivity contribution in [3.05, 3.63) is 28.8 Å². The summed E-state index contributed by atoms with van der Waals surface area (Å²) in [7, 11) is 0. The first-order valence-corrected chi connectivity index (χ1v) is 6.00. The molecule has 2 aromatic rings. The van der Waals surface area contributed by atoms with Crippen LogP contribution in [0.3, 0.4) is 0 Å². The van der Waals surface area contributed by atoms with Crippen molar-refractivity contribution in [1.82, 2.24) is 14.5 Å². The van der Waals surface area contributed by atoms with Crippen molar-refractivity contribution in [2.24, 2.45) is 0 Å². The fourth-order valence-electron chi connectivity index (χ4n) is 1.48. The highest BCUT2D eigenvalue weighted by atomic mass is 32.1. The standard InChI is InChI=1S/C11H15N3S/c1-4-5-10-12-6-7-14(10)11-13-8(2)9(3)15-11/h6-7H,4-5H2,1-3H3. The van der Waals surface area contributed by atoms with Gasteiger partial charge in [0.25, 0.3) is 0 Å².